The third-order valence-corrected chi connectivity index (χ3v) is 5.00. The van der Waals surface area contributed by atoms with E-state index in [0.29, 0.717) is 11.4 Å². The summed E-state index contributed by atoms with van der Waals surface area (Å²) < 4.78 is 6.13. The highest BCUT2D eigenvalue weighted by atomic mass is 32.1. The van der Waals surface area contributed by atoms with Crippen molar-refractivity contribution < 1.29 is 14.3 Å². The van der Waals surface area contributed by atoms with E-state index in [1.807, 2.05) is 67.5 Å². The van der Waals surface area contributed by atoms with Gasteiger partial charge in [-0.3, -0.25) is 4.79 Å². The van der Waals surface area contributed by atoms with E-state index in [1.54, 1.807) is 6.07 Å². The van der Waals surface area contributed by atoms with Crippen LogP contribution in [0.25, 0.3) is 10.1 Å². The van der Waals surface area contributed by atoms with Crippen molar-refractivity contribution in [2.45, 2.75) is 6.54 Å². The first-order valence-electron chi connectivity index (χ1n) is 8.21. The molecule has 1 amide bonds. The van der Waals surface area contributed by atoms with Crippen molar-refractivity contribution in [2.75, 3.05) is 25.6 Å². The van der Waals surface area contributed by atoms with E-state index in [1.165, 1.54) is 11.3 Å². The van der Waals surface area contributed by atoms with Gasteiger partial charge in [-0.25, -0.2) is 4.79 Å². The first-order chi connectivity index (χ1) is 12.5. The summed E-state index contributed by atoms with van der Waals surface area (Å²) in [5, 5.41) is 3.75. The predicted molar refractivity (Wildman–Crippen MR) is 105 cm³/mol. The molecule has 0 atom stereocenters. The molecule has 0 saturated heterocycles. The number of nitrogens with zero attached hydrogens (tertiary/aromatic N) is 1. The second-order valence-corrected chi connectivity index (χ2v) is 7.15. The van der Waals surface area contributed by atoms with Gasteiger partial charge in [0.15, 0.2) is 6.61 Å². The summed E-state index contributed by atoms with van der Waals surface area (Å²) in [4.78, 5) is 26.5. The number of carbonyl (C=O) groups excluding carboxylic acids is 2. The number of amides is 1. The monoisotopic (exact) mass is 368 g/mol. The van der Waals surface area contributed by atoms with Crippen LogP contribution in [-0.2, 0) is 16.1 Å². The van der Waals surface area contributed by atoms with E-state index in [-0.39, 0.29) is 12.5 Å². The van der Waals surface area contributed by atoms with Crippen molar-refractivity contribution in [3.8, 4) is 0 Å². The fraction of sp³-hybridized carbons (Fsp3) is 0.200. The molecule has 0 fully saturated rings. The van der Waals surface area contributed by atoms with Gasteiger partial charge in [-0.2, -0.15) is 0 Å². The number of hydrogen-bond acceptors (Lipinski definition) is 5. The van der Waals surface area contributed by atoms with E-state index in [4.69, 9.17) is 4.74 Å². The molecule has 0 aliphatic carbocycles. The quantitative estimate of drug-likeness (QED) is 0.677. The number of nitrogens with one attached hydrogen (secondary N) is 1. The van der Waals surface area contributed by atoms with Gasteiger partial charge in [0.25, 0.3) is 5.91 Å². The lowest BCUT2D eigenvalue weighted by Crippen LogP contribution is -2.28. The van der Waals surface area contributed by atoms with Gasteiger partial charge in [0.2, 0.25) is 0 Å². The largest absolute Gasteiger partial charge is 0.451 e. The van der Waals surface area contributed by atoms with Gasteiger partial charge in [0.1, 0.15) is 4.88 Å². The lowest BCUT2D eigenvalue weighted by molar-refractivity contribution is -0.124. The second-order valence-electron chi connectivity index (χ2n) is 6.06. The zero-order valence-corrected chi connectivity index (χ0v) is 15.5. The Morgan fingerprint density at radius 2 is 1.81 bits per heavy atom. The Hall–Kier alpha value is -2.86. The maximum Gasteiger partial charge on any atom is 0.348 e. The van der Waals surface area contributed by atoms with Crippen LogP contribution >= 0.6 is 11.3 Å². The maximum absolute atomic E-state index is 12.1. The Kier molecular flexibility index (Phi) is 5.53. The molecule has 0 bridgehead atoms. The molecule has 1 N–H and O–H groups in total. The summed E-state index contributed by atoms with van der Waals surface area (Å²) in [5.41, 5.74) is 2.08. The van der Waals surface area contributed by atoms with Crippen LogP contribution in [-0.4, -0.2) is 32.6 Å². The fourth-order valence-electron chi connectivity index (χ4n) is 2.45. The molecule has 5 nitrogen and oxygen atoms in total. The number of fused-ring (bicyclic) bond motifs is 1. The summed E-state index contributed by atoms with van der Waals surface area (Å²) in [6.07, 6.45) is 0. The zero-order chi connectivity index (χ0) is 18.5. The highest BCUT2D eigenvalue weighted by Gasteiger charge is 2.13. The molecule has 3 aromatic rings. The van der Waals surface area contributed by atoms with Crippen molar-refractivity contribution in [1.82, 2.24) is 5.32 Å². The van der Waals surface area contributed by atoms with Crippen molar-refractivity contribution in [3.63, 3.8) is 0 Å². The number of anilines is 1. The van der Waals surface area contributed by atoms with Gasteiger partial charge < -0.3 is 15.0 Å². The lowest BCUT2D eigenvalue weighted by Gasteiger charge is -2.13. The highest BCUT2D eigenvalue weighted by Crippen LogP contribution is 2.25. The molecule has 1 heterocycles. The predicted octanol–water partition coefficient (Wildman–Crippen LogP) is 3.44. The summed E-state index contributed by atoms with van der Waals surface area (Å²) in [5.74, 6) is -0.798. The third kappa shape index (κ3) is 4.40. The topological polar surface area (TPSA) is 58.6 Å². The average Bonchev–Trinajstić information content (AvgIpc) is 3.09. The summed E-state index contributed by atoms with van der Waals surface area (Å²) in [6, 6.07) is 17.4. The second kappa shape index (κ2) is 8.01. The van der Waals surface area contributed by atoms with Crippen LogP contribution in [0, 0.1) is 0 Å². The van der Waals surface area contributed by atoms with Crippen LogP contribution in [0.5, 0.6) is 0 Å². The number of ether oxygens (including phenoxy) is 1. The smallest absolute Gasteiger partial charge is 0.348 e. The van der Waals surface area contributed by atoms with Crippen LogP contribution in [0.3, 0.4) is 0 Å². The van der Waals surface area contributed by atoms with Crippen molar-refractivity contribution in [3.05, 3.63) is 65.0 Å². The Morgan fingerprint density at radius 3 is 2.50 bits per heavy atom. The molecule has 134 valence electrons. The molecule has 0 aliphatic heterocycles. The van der Waals surface area contributed by atoms with Crippen LogP contribution in [0.1, 0.15) is 15.2 Å². The van der Waals surface area contributed by atoms with Crippen molar-refractivity contribution >= 4 is 39.0 Å². The minimum Gasteiger partial charge on any atom is -0.451 e. The minimum atomic E-state index is -0.475. The molecule has 0 spiro atoms. The van der Waals surface area contributed by atoms with E-state index >= 15 is 0 Å². The first-order valence-corrected chi connectivity index (χ1v) is 9.03. The summed E-state index contributed by atoms with van der Waals surface area (Å²) >= 11 is 1.36. The lowest BCUT2D eigenvalue weighted by atomic mass is 10.2. The van der Waals surface area contributed by atoms with Gasteiger partial charge in [0.05, 0.1) is 0 Å². The Morgan fingerprint density at radius 1 is 1.08 bits per heavy atom. The fourth-order valence-corrected chi connectivity index (χ4v) is 3.40. The van der Waals surface area contributed by atoms with Crippen LogP contribution in [0.4, 0.5) is 5.69 Å². The van der Waals surface area contributed by atoms with E-state index in [2.05, 4.69) is 5.32 Å². The number of hydrogen-bond donors (Lipinski definition) is 1. The number of esters is 1. The summed E-state index contributed by atoms with van der Waals surface area (Å²) in [6.45, 7) is 0.107. The molecular weight excluding hydrogens is 348 g/mol. The normalized spacial score (nSPS) is 10.5. The average molecular weight is 368 g/mol. The molecule has 0 radical (unpaired) electrons. The third-order valence-electron chi connectivity index (χ3n) is 3.90. The first kappa shape index (κ1) is 17.9. The molecule has 1 aromatic heterocycles. The Labute approximate surface area is 156 Å². The van der Waals surface area contributed by atoms with E-state index in [0.717, 1.165) is 21.3 Å². The number of carbonyl (C=O) groups is 2. The van der Waals surface area contributed by atoms with Crippen LogP contribution in [0.15, 0.2) is 54.6 Å². The van der Waals surface area contributed by atoms with E-state index < -0.39 is 5.97 Å². The van der Waals surface area contributed by atoms with Gasteiger partial charge in [-0.15, -0.1) is 11.3 Å². The molecule has 0 unspecified atom stereocenters. The molecule has 26 heavy (non-hydrogen) atoms. The molecule has 0 aliphatic rings. The van der Waals surface area contributed by atoms with Crippen LogP contribution < -0.4 is 10.2 Å². The maximum atomic E-state index is 12.1. The Balaban J connectivity index is 1.48. The molecule has 6 heteroatoms. The molecule has 0 saturated carbocycles. The zero-order valence-electron chi connectivity index (χ0n) is 14.7. The standard InChI is InChI=1S/C20H20N2O3S/c1-22(2)16-9-7-14(8-10-16)12-21-19(23)13-25-20(24)18-11-15-5-3-4-6-17(15)26-18/h3-11H,12-13H2,1-2H3,(H,21,23). The van der Waals surface area contributed by atoms with Gasteiger partial charge in [-0.1, -0.05) is 30.3 Å². The van der Waals surface area contributed by atoms with Gasteiger partial charge >= 0.3 is 5.97 Å². The van der Waals surface area contributed by atoms with Crippen molar-refractivity contribution in [2.24, 2.45) is 0 Å². The molecule has 2 aromatic carbocycles. The molecular formula is C20H20N2O3S. The van der Waals surface area contributed by atoms with Crippen molar-refractivity contribution in [1.29, 1.82) is 0 Å². The van der Waals surface area contributed by atoms with E-state index in [9.17, 15) is 9.59 Å². The number of benzene rings is 2. The number of thiophene rings is 1. The summed E-state index contributed by atoms with van der Waals surface area (Å²) in [7, 11) is 3.95. The molecule has 3 rings (SSSR count). The highest BCUT2D eigenvalue weighted by molar-refractivity contribution is 7.20. The van der Waals surface area contributed by atoms with Gasteiger partial charge in [0, 0.05) is 31.0 Å². The SMILES string of the molecule is CN(C)c1ccc(CNC(=O)COC(=O)c2cc3ccccc3s2)cc1. The minimum absolute atomic E-state index is 0.289. The van der Waals surface area contributed by atoms with Gasteiger partial charge in [-0.05, 0) is 35.2 Å². The van der Waals surface area contributed by atoms with Crippen LogP contribution in [0.2, 0.25) is 0 Å². The Bertz CT molecular complexity index is 883. The number of rotatable bonds is 6.